The van der Waals surface area contributed by atoms with Crippen LogP contribution in [0.4, 0.5) is 5.69 Å². The van der Waals surface area contributed by atoms with E-state index in [4.69, 9.17) is 0 Å². The van der Waals surface area contributed by atoms with Crippen molar-refractivity contribution >= 4 is 17.2 Å². The highest BCUT2D eigenvalue weighted by molar-refractivity contribution is 5.94. The van der Waals surface area contributed by atoms with Gasteiger partial charge < -0.3 is 9.30 Å². The van der Waals surface area contributed by atoms with E-state index in [1.807, 2.05) is 35.7 Å². The van der Waals surface area contributed by atoms with E-state index in [1.54, 1.807) is 17.2 Å². The summed E-state index contributed by atoms with van der Waals surface area (Å²) < 4.78 is 1.92. The number of hydrogen-bond donors (Lipinski definition) is 0. The number of non-ortho nitro benzene ring substituents is 1. The van der Waals surface area contributed by atoms with Gasteiger partial charge in [-0.3, -0.25) is 14.9 Å². The Balaban J connectivity index is 1.87. The van der Waals surface area contributed by atoms with Gasteiger partial charge in [0.1, 0.15) is 5.65 Å². The molecule has 7 heteroatoms. The van der Waals surface area contributed by atoms with Gasteiger partial charge in [-0.1, -0.05) is 12.1 Å². The number of nitrogens with zero attached hydrogens (tertiary/aromatic N) is 4. The van der Waals surface area contributed by atoms with E-state index in [9.17, 15) is 14.9 Å². The molecule has 0 unspecified atom stereocenters. The molecule has 0 N–H and O–H groups in total. The van der Waals surface area contributed by atoms with Crippen molar-refractivity contribution in [2.75, 3.05) is 6.54 Å². The maximum atomic E-state index is 12.7. The summed E-state index contributed by atoms with van der Waals surface area (Å²) in [6.07, 6.45) is 3.63. The number of nitro groups is 1. The Morgan fingerprint density at radius 1 is 1.29 bits per heavy atom. The quantitative estimate of drug-likeness (QED) is 0.534. The summed E-state index contributed by atoms with van der Waals surface area (Å²) in [6, 6.07) is 11.5. The first kappa shape index (κ1) is 15.7. The summed E-state index contributed by atoms with van der Waals surface area (Å²) in [5.74, 6) is -0.243. The van der Waals surface area contributed by atoms with Crippen LogP contribution in [0.5, 0.6) is 0 Å². The Morgan fingerprint density at radius 3 is 2.88 bits per heavy atom. The van der Waals surface area contributed by atoms with Crippen LogP contribution in [0.1, 0.15) is 23.0 Å². The summed E-state index contributed by atoms with van der Waals surface area (Å²) in [5.41, 5.74) is 1.91. The predicted molar refractivity (Wildman–Crippen MR) is 88.7 cm³/mol. The van der Waals surface area contributed by atoms with Crippen molar-refractivity contribution < 1.29 is 9.72 Å². The lowest BCUT2D eigenvalue weighted by Gasteiger charge is -2.20. The lowest BCUT2D eigenvalue weighted by atomic mass is 10.1. The Labute approximate surface area is 138 Å². The zero-order chi connectivity index (χ0) is 17.1. The average molecular weight is 324 g/mol. The molecule has 0 radical (unpaired) electrons. The van der Waals surface area contributed by atoms with Gasteiger partial charge in [0.2, 0.25) is 0 Å². The third kappa shape index (κ3) is 2.96. The number of imidazole rings is 1. The molecule has 0 aliphatic heterocycles. The number of rotatable bonds is 5. The van der Waals surface area contributed by atoms with Gasteiger partial charge in [-0.25, -0.2) is 4.98 Å². The van der Waals surface area contributed by atoms with Gasteiger partial charge in [-0.2, -0.15) is 0 Å². The zero-order valence-electron chi connectivity index (χ0n) is 13.1. The summed E-state index contributed by atoms with van der Waals surface area (Å²) in [4.78, 5) is 29.0. The molecule has 7 nitrogen and oxygen atoms in total. The fourth-order valence-corrected chi connectivity index (χ4v) is 2.56. The molecule has 0 fully saturated rings. The molecular weight excluding hydrogens is 308 g/mol. The Bertz CT molecular complexity index is 903. The largest absolute Gasteiger partial charge is 0.333 e. The van der Waals surface area contributed by atoms with Crippen LogP contribution in [0.3, 0.4) is 0 Å². The van der Waals surface area contributed by atoms with Gasteiger partial charge in [0, 0.05) is 30.4 Å². The van der Waals surface area contributed by atoms with Crippen LogP contribution >= 0.6 is 0 Å². The minimum absolute atomic E-state index is 0.0910. The van der Waals surface area contributed by atoms with Crippen molar-refractivity contribution in [2.45, 2.75) is 13.5 Å². The van der Waals surface area contributed by atoms with E-state index in [0.717, 1.165) is 11.3 Å². The lowest BCUT2D eigenvalue weighted by Crippen LogP contribution is -2.30. The predicted octanol–water partition coefficient (Wildman–Crippen LogP) is 2.90. The number of carbonyl (C=O) groups excluding carboxylic acids is 1. The first-order chi connectivity index (χ1) is 11.6. The highest BCUT2D eigenvalue weighted by Crippen LogP contribution is 2.16. The van der Waals surface area contributed by atoms with E-state index in [2.05, 4.69) is 4.98 Å². The molecular formula is C17H16N4O3. The fraction of sp³-hybridized carbons (Fsp3) is 0.176. The van der Waals surface area contributed by atoms with E-state index in [1.165, 1.54) is 18.2 Å². The first-order valence-electron chi connectivity index (χ1n) is 7.55. The number of carbonyl (C=O) groups is 1. The van der Waals surface area contributed by atoms with Crippen molar-refractivity contribution in [2.24, 2.45) is 0 Å². The fourth-order valence-electron chi connectivity index (χ4n) is 2.56. The summed E-state index contributed by atoms with van der Waals surface area (Å²) in [5, 5.41) is 10.9. The van der Waals surface area contributed by atoms with Crippen LogP contribution < -0.4 is 0 Å². The van der Waals surface area contributed by atoms with Crippen LogP contribution in [-0.4, -0.2) is 31.7 Å². The molecule has 122 valence electrons. The monoisotopic (exact) mass is 324 g/mol. The zero-order valence-corrected chi connectivity index (χ0v) is 13.1. The number of amides is 1. The Morgan fingerprint density at radius 2 is 2.12 bits per heavy atom. The number of aromatic nitrogens is 2. The van der Waals surface area contributed by atoms with Gasteiger partial charge in [-0.15, -0.1) is 0 Å². The van der Waals surface area contributed by atoms with E-state index in [0.29, 0.717) is 18.7 Å². The smallest absolute Gasteiger partial charge is 0.270 e. The minimum atomic E-state index is -0.502. The molecule has 1 amide bonds. The Hall–Kier alpha value is -3.22. The topological polar surface area (TPSA) is 80.8 Å². The van der Waals surface area contributed by atoms with Crippen molar-refractivity contribution in [3.05, 3.63) is 76.2 Å². The summed E-state index contributed by atoms with van der Waals surface area (Å²) in [6.45, 7) is 2.74. The Kier molecular flexibility index (Phi) is 4.24. The second kappa shape index (κ2) is 6.49. The molecule has 0 aliphatic carbocycles. The molecule has 3 rings (SSSR count). The third-order valence-corrected chi connectivity index (χ3v) is 3.82. The van der Waals surface area contributed by atoms with E-state index < -0.39 is 4.92 Å². The molecule has 0 saturated heterocycles. The molecule has 0 atom stereocenters. The van der Waals surface area contributed by atoms with Gasteiger partial charge in [0.15, 0.2) is 0 Å². The second-order valence-electron chi connectivity index (χ2n) is 5.31. The highest BCUT2D eigenvalue weighted by Gasteiger charge is 2.18. The number of nitro benzene ring substituents is 1. The lowest BCUT2D eigenvalue weighted by molar-refractivity contribution is -0.384. The van der Waals surface area contributed by atoms with Crippen LogP contribution in [0.25, 0.3) is 5.65 Å². The number of hydrogen-bond acceptors (Lipinski definition) is 4. The molecule has 24 heavy (non-hydrogen) atoms. The first-order valence-corrected chi connectivity index (χ1v) is 7.55. The second-order valence-corrected chi connectivity index (χ2v) is 5.31. The summed E-state index contributed by atoms with van der Waals surface area (Å²) >= 11 is 0. The average Bonchev–Trinajstić information content (AvgIpc) is 3.02. The molecule has 2 aromatic heterocycles. The normalized spacial score (nSPS) is 10.7. The van der Waals surface area contributed by atoms with Crippen LogP contribution in [0, 0.1) is 10.1 Å². The van der Waals surface area contributed by atoms with Crippen molar-refractivity contribution in [3.8, 4) is 0 Å². The van der Waals surface area contributed by atoms with Crippen molar-refractivity contribution in [1.82, 2.24) is 14.3 Å². The number of fused-ring (bicyclic) bond motifs is 1. The molecule has 1 aromatic carbocycles. The molecule has 2 heterocycles. The maximum Gasteiger partial charge on any atom is 0.270 e. The third-order valence-electron chi connectivity index (χ3n) is 3.82. The van der Waals surface area contributed by atoms with Crippen LogP contribution in [0.15, 0.2) is 54.9 Å². The van der Waals surface area contributed by atoms with E-state index in [-0.39, 0.29) is 11.6 Å². The van der Waals surface area contributed by atoms with Crippen molar-refractivity contribution in [1.29, 1.82) is 0 Å². The van der Waals surface area contributed by atoms with Crippen LogP contribution in [0.2, 0.25) is 0 Å². The molecule has 0 aliphatic rings. The summed E-state index contributed by atoms with van der Waals surface area (Å²) in [7, 11) is 0. The molecule has 0 saturated carbocycles. The van der Waals surface area contributed by atoms with E-state index >= 15 is 0 Å². The number of pyridine rings is 1. The SMILES string of the molecule is CCN(Cc1cnc2ccccn12)C(=O)c1cccc([N+](=O)[O-])c1. The van der Waals surface area contributed by atoms with Crippen LogP contribution in [-0.2, 0) is 6.54 Å². The van der Waals surface area contributed by atoms with Gasteiger partial charge in [-0.05, 0) is 25.1 Å². The minimum Gasteiger partial charge on any atom is -0.333 e. The standard InChI is InChI=1S/C17H16N4O3/c1-2-19(12-15-11-18-16-8-3-4-9-20(15)16)17(22)13-6-5-7-14(10-13)21(23)24/h3-11H,2,12H2,1H3. The van der Waals surface area contributed by atoms with Gasteiger partial charge in [0.05, 0.1) is 23.4 Å². The highest BCUT2D eigenvalue weighted by atomic mass is 16.6. The van der Waals surface area contributed by atoms with Gasteiger partial charge >= 0.3 is 0 Å². The molecule has 0 bridgehead atoms. The molecule has 0 spiro atoms. The van der Waals surface area contributed by atoms with Gasteiger partial charge in [0.25, 0.3) is 11.6 Å². The molecule has 3 aromatic rings. The van der Waals surface area contributed by atoms with Crippen molar-refractivity contribution in [3.63, 3.8) is 0 Å². The number of benzene rings is 1. The maximum absolute atomic E-state index is 12.7.